The number of carbonyl (C=O) groups is 3. The van der Waals surface area contributed by atoms with Gasteiger partial charge in [-0.2, -0.15) is 0 Å². The second kappa shape index (κ2) is 8.46. The molecule has 25 heavy (non-hydrogen) atoms. The Labute approximate surface area is 153 Å². The molecule has 0 bridgehead atoms. The van der Waals surface area contributed by atoms with Crippen LogP contribution < -0.4 is 10.6 Å². The predicted molar refractivity (Wildman–Crippen MR) is 93.9 cm³/mol. The van der Waals surface area contributed by atoms with Gasteiger partial charge in [0.2, 0.25) is 5.91 Å². The fraction of sp³-hybridized carbons (Fsp3) is 0.125. The van der Waals surface area contributed by atoms with Gasteiger partial charge in [-0.3, -0.25) is 9.59 Å². The molecule has 2 aromatic rings. The second-order valence-corrected chi connectivity index (χ2v) is 5.64. The molecular weight excluding hydrogens is 369 g/mol. The van der Waals surface area contributed by atoms with E-state index >= 15 is 0 Å². The first-order valence-electron chi connectivity index (χ1n) is 7.01. The van der Waals surface area contributed by atoms with Gasteiger partial charge in [-0.05, 0) is 30.3 Å². The molecule has 0 aliphatic heterocycles. The van der Waals surface area contributed by atoms with Crippen molar-refractivity contribution in [1.82, 2.24) is 4.98 Å². The molecule has 0 saturated heterocycles. The van der Waals surface area contributed by atoms with Gasteiger partial charge in [-0.1, -0.05) is 23.2 Å². The minimum Gasteiger partial charge on any atom is -0.452 e. The molecule has 2 rings (SSSR count). The number of ether oxygens (including phenoxy) is 1. The highest BCUT2D eigenvalue weighted by Gasteiger charge is 2.13. The number of rotatable bonds is 5. The summed E-state index contributed by atoms with van der Waals surface area (Å²) < 4.78 is 4.88. The summed E-state index contributed by atoms with van der Waals surface area (Å²) in [4.78, 5) is 38.3. The van der Waals surface area contributed by atoms with E-state index in [1.807, 2.05) is 0 Å². The normalized spacial score (nSPS) is 10.0. The molecular formula is C16H13Cl2N3O4. The number of hydrogen-bond acceptors (Lipinski definition) is 5. The molecule has 0 atom stereocenters. The molecule has 0 unspecified atom stereocenters. The zero-order valence-electron chi connectivity index (χ0n) is 13.0. The number of anilines is 2. The number of amides is 2. The molecule has 2 amide bonds. The van der Waals surface area contributed by atoms with E-state index in [1.54, 1.807) is 24.3 Å². The van der Waals surface area contributed by atoms with E-state index in [9.17, 15) is 14.4 Å². The molecule has 9 heteroatoms. The first kappa shape index (κ1) is 18.7. The first-order chi connectivity index (χ1) is 11.8. The molecule has 0 aliphatic carbocycles. The van der Waals surface area contributed by atoms with Crippen molar-refractivity contribution in [2.75, 3.05) is 17.2 Å². The Balaban J connectivity index is 1.86. The second-order valence-electron chi connectivity index (χ2n) is 4.88. The molecule has 0 saturated carbocycles. The number of esters is 1. The largest absolute Gasteiger partial charge is 0.452 e. The van der Waals surface area contributed by atoms with Gasteiger partial charge in [-0.25, -0.2) is 9.78 Å². The number of hydrogen-bond donors (Lipinski definition) is 2. The fourth-order valence-electron chi connectivity index (χ4n) is 1.78. The SMILES string of the molecule is CC(=O)Nc1ccc(NC(=O)COC(=O)c2cnc(Cl)c(Cl)c2)cc1. The van der Waals surface area contributed by atoms with E-state index in [1.165, 1.54) is 19.2 Å². The number of benzene rings is 1. The molecule has 0 spiro atoms. The zero-order chi connectivity index (χ0) is 18.4. The third-order valence-corrected chi connectivity index (χ3v) is 3.54. The van der Waals surface area contributed by atoms with Gasteiger partial charge in [0.1, 0.15) is 5.15 Å². The average Bonchev–Trinajstić information content (AvgIpc) is 2.56. The summed E-state index contributed by atoms with van der Waals surface area (Å²) in [6.07, 6.45) is 1.20. The molecule has 7 nitrogen and oxygen atoms in total. The van der Waals surface area contributed by atoms with Gasteiger partial charge in [0, 0.05) is 24.5 Å². The summed E-state index contributed by atoms with van der Waals surface area (Å²) in [5.74, 6) is -1.46. The Bertz CT molecular complexity index is 810. The van der Waals surface area contributed by atoms with E-state index in [0.29, 0.717) is 11.4 Å². The van der Waals surface area contributed by atoms with Gasteiger partial charge in [-0.15, -0.1) is 0 Å². The molecule has 0 aliphatic rings. The van der Waals surface area contributed by atoms with Crippen molar-refractivity contribution in [2.24, 2.45) is 0 Å². The summed E-state index contributed by atoms with van der Waals surface area (Å²) in [6.45, 7) is 0.917. The van der Waals surface area contributed by atoms with Crippen LogP contribution in [0.3, 0.4) is 0 Å². The van der Waals surface area contributed by atoms with Gasteiger partial charge < -0.3 is 15.4 Å². The van der Waals surface area contributed by atoms with E-state index in [0.717, 1.165) is 0 Å². The summed E-state index contributed by atoms with van der Waals surface area (Å²) in [6, 6.07) is 7.77. The standard InChI is InChI=1S/C16H13Cl2N3O4/c1-9(22)20-11-2-4-12(5-3-11)21-14(23)8-25-16(24)10-6-13(17)15(18)19-7-10/h2-7H,8H2,1H3,(H,20,22)(H,21,23). The molecule has 130 valence electrons. The Morgan fingerprint density at radius 1 is 1.08 bits per heavy atom. The number of halogens is 2. The topological polar surface area (TPSA) is 97.4 Å². The van der Waals surface area contributed by atoms with Gasteiger partial charge in [0.15, 0.2) is 6.61 Å². The van der Waals surface area contributed by atoms with Crippen LogP contribution in [0.15, 0.2) is 36.5 Å². The Morgan fingerprint density at radius 3 is 2.24 bits per heavy atom. The number of nitrogens with one attached hydrogen (secondary N) is 2. The Kier molecular flexibility index (Phi) is 6.32. The van der Waals surface area contributed by atoms with E-state index in [4.69, 9.17) is 27.9 Å². The molecule has 0 radical (unpaired) electrons. The highest BCUT2D eigenvalue weighted by atomic mass is 35.5. The van der Waals surface area contributed by atoms with Crippen LogP contribution in [-0.4, -0.2) is 29.4 Å². The third-order valence-electron chi connectivity index (χ3n) is 2.86. The highest BCUT2D eigenvalue weighted by Crippen LogP contribution is 2.20. The Hall–Kier alpha value is -2.64. The van der Waals surface area contributed by atoms with Crippen LogP contribution >= 0.6 is 23.2 Å². The minimum absolute atomic E-state index is 0.0682. The maximum atomic E-state index is 11.8. The number of carbonyl (C=O) groups excluding carboxylic acids is 3. The Morgan fingerprint density at radius 2 is 1.68 bits per heavy atom. The van der Waals surface area contributed by atoms with Crippen molar-refractivity contribution in [3.05, 3.63) is 52.3 Å². The summed E-state index contributed by atoms with van der Waals surface area (Å²) in [5.41, 5.74) is 1.18. The third kappa shape index (κ3) is 5.74. The molecule has 1 heterocycles. The maximum absolute atomic E-state index is 11.8. The van der Waals surface area contributed by atoms with Crippen LogP contribution in [0.25, 0.3) is 0 Å². The van der Waals surface area contributed by atoms with Crippen molar-refractivity contribution in [2.45, 2.75) is 6.92 Å². The lowest BCUT2D eigenvalue weighted by Crippen LogP contribution is -2.21. The summed E-state index contributed by atoms with van der Waals surface area (Å²) in [7, 11) is 0. The lowest BCUT2D eigenvalue weighted by atomic mass is 10.2. The lowest BCUT2D eigenvalue weighted by molar-refractivity contribution is -0.119. The molecule has 0 fully saturated rings. The van der Waals surface area contributed by atoms with E-state index < -0.39 is 18.5 Å². The first-order valence-corrected chi connectivity index (χ1v) is 7.76. The average molecular weight is 382 g/mol. The van der Waals surface area contributed by atoms with E-state index in [2.05, 4.69) is 15.6 Å². The van der Waals surface area contributed by atoms with Crippen molar-refractivity contribution < 1.29 is 19.1 Å². The van der Waals surface area contributed by atoms with Crippen molar-refractivity contribution in [3.8, 4) is 0 Å². The van der Waals surface area contributed by atoms with Crippen molar-refractivity contribution in [3.63, 3.8) is 0 Å². The van der Waals surface area contributed by atoms with Gasteiger partial charge in [0.05, 0.1) is 10.6 Å². The van der Waals surface area contributed by atoms with Crippen LogP contribution in [-0.2, 0) is 14.3 Å². The van der Waals surface area contributed by atoms with Crippen LogP contribution in [0.2, 0.25) is 10.2 Å². The number of aromatic nitrogens is 1. The maximum Gasteiger partial charge on any atom is 0.340 e. The van der Waals surface area contributed by atoms with Crippen LogP contribution in [0, 0.1) is 0 Å². The number of nitrogens with zero attached hydrogens (tertiary/aromatic N) is 1. The molecule has 1 aromatic heterocycles. The predicted octanol–water partition coefficient (Wildman–Crippen LogP) is 3.14. The van der Waals surface area contributed by atoms with Crippen molar-refractivity contribution in [1.29, 1.82) is 0 Å². The lowest BCUT2D eigenvalue weighted by Gasteiger charge is -2.08. The monoisotopic (exact) mass is 381 g/mol. The molecule has 2 N–H and O–H groups in total. The van der Waals surface area contributed by atoms with Crippen LogP contribution in [0.4, 0.5) is 11.4 Å². The van der Waals surface area contributed by atoms with Gasteiger partial charge >= 0.3 is 5.97 Å². The summed E-state index contributed by atoms with van der Waals surface area (Å²) >= 11 is 11.4. The summed E-state index contributed by atoms with van der Waals surface area (Å²) in [5, 5.41) is 5.34. The molecule has 1 aromatic carbocycles. The number of pyridine rings is 1. The fourth-order valence-corrected chi connectivity index (χ4v) is 2.05. The van der Waals surface area contributed by atoms with E-state index in [-0.39, 0.29) is 21.6 Å². The van der Waals surface area contributed by atoms with Crippen LogP contribution in [0.1, 0.15) is 17.3 Å². The van der Waals surface area contributed by atoms with Crippen LogP contribution in [0.5, 0.6) is 0 Å². The minimum atomic E-state index is -0.748. The highest BCUT2D eigenvalue weighted by molar-refractivity contribution is 6.41. The smallest absolute Gasteiger partial charge is 0.340 e. The zero-order valence-corrected chi connectivity index (χ0v) is 14.5. The van der Waals surface area contributed by atoms with Crippen molar-refractivity contribution >= 4 is 52.4 Å². The van der Waals surface area contributed by atoms with Gasteiger partial charge in [0.25, 0.3) is 5.91 Å². The quantitative estimate of drug-likeness (QED) is 0.612.